The number of hydrogen-bond acceptors (Lipinski definition) is 2. The van der Waals surface area contributed by atoms with Gasteiger partial charge in [0.1, 0.15) is 0 Å². The third-order valence-electron chi connectivity index (χ3n) is 5.41. The molecule has 0 aromatic carbocycles. The van der Waals surface area contributed by atoms with E-state index in [1.807, 2.05) is 0 Å². The molecule has 20 heavy (non-hydrogen) atoms. The van der Waals surface area contributed by atoms with Crippen molar-refractivity contribution in [3.63, 3.8) is 0 Å². The smallest absolute Gasteiger partial charge is 0.0105 e. The minimum Gasteiger partial charge on any atom is -0.317 e. The molecule has 1 aliphatic heterocycles. The highest BCUT2D eigenvalue weighted by atomic mass is 15.2. The molecule has 0 aromatic heterocycles. The predicted octanol–water partition coefficient (Wildman–Crippen LogP) is 3.91. The standard InChI is InChI=1S/C18H36N2/c1-6-20(13-15-7-9-19-10-8-15)16-11-17(2,3)14-18(4,5)12-16/h15-16,19H,6-14H2,1-5H3. The fourth-order valence-corrected chi connectivity index (χ4v) is 4.98. The number of nitrogens with zero attached hydrogens (tertiary/aromatic N) is 1. The molecular weight excluding hydrogens is 244 g/mol. The molecule has 0 spiro atoms. The van der Waals surface area contributed by atoms with E-state index in [2.05, 4.69) is 44.8 Å². The molecule has 0 atom stereocenters. The molecule has 2 heteroatoms. The van der Waals surface area contributed by atoms with Gasteiger partial charge in [-0.1, -0.05) is 34.6 Å². The van der Waals surface area contributed by atoms with Crippen LogP contribution in [0.25, 0.3) is 0 Å². The summed E-state index contributed by atoms with van der Waals surface area (Å²) < 4.78 is 0. The topological polar surface area (TPSA) is 15.3 Å². The summed E-state index contributed by atoms with van der Waals surface area (Å²) in [4.78, 5) is 2.80. The maximum absolute atomic E-state index is 3.49. The Kier molecular flexibility index (Phi) is 5.18. The number of nitrogens with one attached hydrogen (secondary N) is 1. The van der Waals surface area contributed by atoms with Gasteiger partial charge in [0.15, 0.2) is 0 Å². The third-order valence-corrected chi connectivity index (χ3v) is 5.41. The molecule has 2 nitrogen and oxygen atoms in total. The quantitative estimate of drug-likeness (QED) is 0.840. The van der Waals surface area contributed by atoms with E-state index in [9.17, 15) is 0 Å². The first-order valence-electron chi connectivity index (χ1n) is 8.76. The highest BCUT2D eigenvalue weighted by Gasteiger charge is 2.40. The molecule has 2 aliphatic rings. The first-order chi connectivity index (χ1) is 9.31. The SMILES string of the molecule is CCN(CC1CCNCC1)C1CC(C)(C)CC(C)(C)C1. The van der Waals surface area contributed by atoms with Crippen LogP contribution in [0.4, 0.5) is 0 Å². The van der Waals surface area contributed by atoms with Crippen LogP contribution in [0.15, 0.2) is 0 Å². The van der Waals surface area contributed by atoms with Gasteiger partial charge in [0.05, 0.1) is 0 Å². The Morgan fingerprint density at radius 2 is 1.55 bits per heavy atom. The van der Waals surface area contributed by atoms with Crippen molar-refractivity contribution in [1.29, 1.82) is 0 Å². The van der Waals surface area contributed by atoms with Gasteiger partial charge in [0.2, 0.25) is 0 Å². The van der Waals surface area contributed by atoms with Crippen LogP contribution in [0, 0.1) is 16.7 Å². The lowest BCUT2D eigenvalue weighted by Crippen LogP contribution is -2.48. The first kappa shape index (κ1) is 16.3. The second-order valence-corrected chi connectivity index (χ2v) is 8.85. The molecule has 118 valence electrons. The van der Waals surface area contributed by atoms with Gasteiger partial charge in [0, 0.05) is 12.6 Å². The van der Waals surface area contributed by atoms with Gasteiger partial charge in [-0.15, -0.1) is 0 Å². The maximum atomic E-state index is 3.49. The fraction of sp³-hybridized carbons (Fsp3) is 1.00. The van der Waals surface area contributed by atoms with Gasteiger partial charge in [0.25, 0.3) is 0 Å². The van der Waals surface area contributed by atoms with Crippen LogP contribution in [-0.4, -0.2) is 37.1 Å². The molecule has 1 saturated heterocycles. The van der Waals surface area contributed by atoms with Crippen molar-refractivity contribution in [3.05, 3.63) is 0 Å². The summed E-state index contributed by atoms with van der Waals surface area (Å²) in [6, 6.07) is 0.800. The van der Waals surface area contributed by atoms with Crippen LogP contribution in [0.2, 0.25) is 0 Å². The van der Waals surface area contributed by atoms with Gasteiger partial charge in [-0.2, -0.15) is 0 Å². The molecule has 1 aliphatic carbocycles. The van der Waals surface area contributed by atoms with E-state index >= 15 is 0 Å². The second kappa shape index (κ2) is 6.36. The van der Waals surface area contributed by atoms with Crippen molar-refractivity contribution < 1.29 is 0 Å². The van der Waals surface area contributed by atoms with E-state index in [0.717, 1.165) is 12.0 Å². The summed E-state index contributed by atoms with van der Waals surface area (Å²) in [6.45, 7) is 17.2. The van der Waals surface area contributed by atoms with E-state index in [4.69, 9.17) is 0 Å². The molecule has 0 unspecified atom stereocenters. The minimum absolute atomic E-state index is 0.508. The Hall–Kier alpha value is -0.0800. The third kappa shape index (κ3) is 4.46. The number of hydrogen-bond donors (Lipinski definition) is 1. The van der Waals surface area contributed by atoms with E-state index in [1.165, 1.54) is 58.3 Å². The van der Waals surface area contributed by atoms with Crippen LogP contribution < -0.4 is 5.32 Å². The summed E-state index contributed by atoms with van der Waals surface area (Å²) in [5, 5.41) is 3.49. The lowest BCUT2D eigenvalue weighted by molar-refractivity contribution is 0.0179. The van der Waals surface area contributed by atoms with Crippen molar-refractivity contribution in [2.45, 2.75) is 72.8 Å². The van der Waals surface area contributed by atoms with Crippen molar-refractivity contribution in [3.8, 4) is 0 Å². The molecule has 1 N–H and O–H groups in total. The molecule has 1 heterocycles. The van der Waals surface area contributed by atoms with Gasteiger partial charge in [-0.05, 0) is 68.5 Å². The van der Waals surface area contributed by atoms with Crippen LogP contribution >= 0.6 is 0 Å². The Morgan fingerprint density at radius 1 is 1.00 bits per heavy atom. The monoisotopic (exact) mass is 280 g/mol. The average molecular weight is 280 g/mol. The Morgan fingerprint density at radius 3 is 2.05 bits per heavy atom. The summed E-state index contributed by atoms with van der Waals surface area (Å²) in [5.74, 6) is 0.921. The fourth-order valence-electron chi connectivity index (χ4n) is 4.98. The van der Waals surface area contributed by atoms with Gasteiger partial charge in [-0.25, -0.2) is 0 Å². The zero-order chi connectivity index (χ0) is 14.8. The van der Waals surface area contributed by atoms with Crippen molar-refractivity contribution >= 4 is 0 Å². The highest BCUT2D eigenvalue weighted by molar-refractivity contribution is 4.93. The highest BCUT2D eigenvalue weighted by Crippen LogP contribution is 2.47. The summed E-state index contributed by atoms with van der Waals surface area (Å²) in [5.41, 5.74) is 1.02. The molecular formula is C18H36N2. The Labute approximate surface area is 126 Å². The number of rotatable bonds is 4. The molecule has 2 rings (SSSR count). The lowest BCUT2D eigenvalue weighted by Gasteiger charge is -2.49. The van der Waals surface area contributed by atoms with E-state index in [0.29, 0.717) is 10.8 Å². The molecule has 0 bridgehead atoms. The van der Waals surface area contributed by atoms with Crippen molar-refractivity contribution in [2.75, 3.05) is 26.2 Å². The molecule has 2 fully saturated rings. The van der Waals surface area contributed by atoms with Crippen molar-refractivity contribution in [1.82, 2.24) is 10.2 Å². The predicted molar refractivity (Wildman–Crippen MR) is 88.0 cm³/mol. The molecule has 0 aromatic rings. The van der Waals surface area contributed by atoms with Crippen molar-refractivity contribution in [2.24, 2.45) is 16.7 Å². The summed E-state index contributed by atoms with van der Waals surface area (Å²) in [7, 11) is 0. The molecule has 1 saturated carbocycles. The normalized spacial score (nSPS) is 27.9. The van der Waals surface area contributed by atoms with Crippen LogP contribution in [-0.2, 0) is 0 Å². The summed E-state index contributed by atoms with van der Waals surface area (Å²) in [6.07, 6.45) is 6.89. The molecule has 0 amide bonds. The van der Waals surface area contributed by atoms with Crippen LogP contribution in [0.1, 0.15) is 66.7 Å². The van der Waals surface area contributed by atoms with E-state index < -0.39 is 0 Å². The van der Waals surface area contributed by atoms with Gasteiger partial charge < -0.3 is 10.2 Å². The van der Waals surface area contributed by atoms with E-state index in [1.54, 1.807) is 0 Å². The van der Waals surface area contributed by atoms with Crippen LogP contribution in [0.5, 0.6) is 0 Å². The first-order valence-corrected chi connectivity index (χ1v) is 8.76. The number of piperidine rings is 1. The van der Waals surface area contributed by atoms with Gasteiger partial charge >= 0.3 is 0 Å². The Bertz CT molecular complexity index is 287. The zero-order valence-electron chi connectivity index (χ0n) is 14.5. The van der Waals surface area contributed by atoms with Gasteiger partial charge in [-0.3, -0.25) is 0 Å². The lowest BCUT2D eigenvalue weighted by atomic mass is 9.63. The second-order valence-electron chi connectivity index (χ2n) is 8.85. The largest absolute Gasteiger partial charge is 0.317 e. The van der Waals surface area contributed by atoms with Crippen LogP contribution in [0.3, 0.4) is 0 Å². The summed E-state index contributed by atoms with van der Waals surface area (Å²) >= 11 is 0. The average Bonchev–Trinajstić information content (AvgIpc) is 2.33. The maximum Gasteiger partial charge on any atom is 0.0105 e. The Balaban J connectivity index is 1.98. The molecule has 0 radical (unpaired) electrons. The minimum atomic E-state index is 0.508. The van der Waals surface area contributed by atoms with E-state index in [-0.39, 0.29) is 0 Å². The zero-order valence-corrected chi connectivity index (χ0v) is 14.5.